The number of ether oxygens (including phenoxy) is 1. The molecule has 0 spiro atoms. The van der Waals surface area contributed by atoms with Crippen LogP contribution in [0.5, 0.6) is 0 Å². The lowest BCUT2D eigenvalue weighted by Gasteiger charge is -2.15. The Balaban J connectivity index is 3.84. The number of hydrogen-bond donors (Lipinski definition) is 0. The monoisotopic (exact) mass is 240 g/mol. The third-order valence-electron chi connectivity index (χ3n) is 2.26. The predicted octanol–water partition coefficient (Wildman–Crippen LogP) is 2.93. The Hall–Kier alpha value is -0.960. The fourth-order valence-electron chi connectivity index (χ4n) is 1.12. The third kappa shape index (κ3) is 8.81. The molecule has 0 aromatic rings. The van der Waals surface area contributed by atoms with E-state index in [4.69, 9.17) is 4.74 Å². The van der Waals surface area contributed by atoms with E-state index in [1.807, 2.05) is 34.6 Å². The highest BCUT2D eigenvalue weighted by Gasteiger charge is 2.20. The van der Waals surface area contributed by atoms with Gasteiger partial charge in [0.05, 0.1) is 12.7 Å². The molecule has 0 rings (SSSR count). The number of Topliss-reactive ketones (excluding diaryl/α,β-unsaturated/α-hetero) is 1. The van der Waals surface area contributed by atoms with E-state index in [-0.39, 0.29) is 29.5 Å². The van der Waals surface area contributed by atoms with Crippen molar-refractivity contribution < 1.29 is 14.3 Å². The summed E-state index contributed by atoms with van der Waals surface area (Å²) in [5.41, 5.74) is -0.356. The van der Waals surface area contributed by atoms with Crippen molar-refractivity contribution in [2.24, 2.45) is 5.41 Å². The minimum absolute atomic E-state index is 0.0186. The van der Waals surface area contributed by atoms with Crippen LogP contribution in [0.4, 0.5) is 0 Å². The average Bonchev–Trinajstić information content (AvgIpc) is 2.19. The number of carbonyl (C=O) groups excluding carboxylic acids is 2. The molecular formula is C14H24O3. The van der Waals surface area contributed by atoms with Crippen LogP contribution in [0.1, 0.15) is 47.5 Å². The van der Waals surface area contributed by atoms with Crippen molar-refractivity contribution in [3.05, 3.63) is 12.2 Å². The Kier molecular flexibility index (Phi) is 6.97. The van der Waals surface area contributed by atoms with Gasteiger partial charge in [0.2, 0.25) is 0 Å². The van der Waals surface area contributed by atoms with Gasteiger partial charge in [-0.15, -0.1) is 0 Å². The van der Waals surface area contributed by atoms with Gasteiger partial charge in [-0.25, -0.2) is 0 Å². The summed E-state index contributed by atoms with van der Waals surface area (Å²) < 4.78 is 5.27. The summed E-state index contributed by atoms with van der Waals surface area (Å²) in [6.07, 6.45) is 3.96. The molecule has 0 unspecified atom stereocenters. The maximum atomic E-state index is 11.6. The van der Waals surface area contributed by atoms with E-state index in [0.717, 1.165) is 0 Å². The molecule has 0 saturated heterocycles. The molecule has 0 radical (unpaired) electrons. The van der Waals surface area contributed by atoms with Crippen LogP contribution in [-0.4, -0.2) is 24.3 Å². The molecule has 0 aliphatic rings. The van der Waals surface area contributed by atoms with E-state index in [1.165, 1.54) is 6.08 Å². The van der Waals surface area contributed by atoms with Crippen molar-refractivity contribution in [2.45, 2.75) is 53.6 Å². The second kappa shape index (κ2) is 7.38. The standard InChI is InChI=1S/C14H24O3/c1-11(2)17-10-6-7-12(15)8-9-13(16)14(3,4)5/h6-7,11H,8-10H2,1-5H3/b7-6+. The van der Waals surface area contributed by atoms with Crippen LogP contribution in [0.25, 0.3) is 0 Å². The molecule has 0 atom stereocenters. The molecule has 0 amide bonds. The number of rotatable bonds is 7. The summed E-state index contributed by atoms with van der Waals surface area (Å²) in [7, 11) is 0. The largest absolute Gasteiger partial charge is 0.375 e. The van der Waals surface area contributed by atoms with Gasteiger partial charge in [-0.1, -0.05) is 26.8 Å². The highest BCUT2D eigenvalue weighted by atomic mass is 16.5. The summed E-state index contributed by atoms with van der Waals surface area (Å²) in [4.78, 5) is 23.0. The lowest BCUT2D eigenvalue weighted by Crippen LogP contribution is -2.20. The molecule has 0 aromatic heterocycles. The molecular weight excluding hydrogens is 216 g/mol. The molecule has 0 saturated carbocycles. The average molecular weight is 240 g/mol. The van der Waals surface area contributed by atoms with Crippen molar-refractivity contribution in [1.82, 2.24) is 0 Å². The van der Waals surface area contributed by atoms with Crippen LogP contribution in [0.2, 0.25) is 0 Å². The fourth-order valence-corrected chi connectivity index (χ4v) is 1.12. The van der Waals surface area contributed by atoms with Crippen LogP contribution in [0, 0.1) is 5.41 Å². The van der Waals surface area contributed by atoms with Crippen LogP contribution in [-0.2, 0) is 14.3 Å². The second-order valence-electron chi connectivity index (χ2n) is 5.42. The van der Waals surface area contributed by atoms with Crippen LogP contribution < -0.4 is 0 Å². The first kappa shape index (κ1) is 16.0. The number of carbonyl (C=O) groups is 2. The smallest absolute Gasteiger partial charge is 0.155 e. The van der Waals surface area contributed by atoms with Crippen LogP contribution in [0.3, 0.4) is 0 Å². The molecule has 0 aromatic carbocycles. The molecule has 3 heteroatoms. The van der Waals surface area contributed by atoms with E-state index in [2.05, 4.69) is 0 Å². The Morgan fingerprint density at radius 3 is 2.24 bits per heavy atom. The Labute approximate surface area is 104 Å². The highest BCUT2D eigenvalue weighted by molar-refractivity contribution is 5.94. The SMILES string of the molecule is CC(C)OC/C=C/C(=O)CCC(=O)C(C)(C)C. The molecule has 0 heterocycles. The first-order valence-electron chi connectivity index (χ1n) is 6.07. The van der Waals surface area contributed by atoms with E-state index in [0.29, 0.717) is 13.0 Å². The number of ketones is 2. The quantitative estimate of drug-likeness (QED) is 0.643. The van der Waals surface area contributed by atoms with Crippen molar-refractivity contribution >= 4 is 11.6 Å². The Morgan fingerprint density at radius 1 is 1.18 bits per heavy atom. The summed E-state index contributed by atoms with van der Waals surface area (Å²) >= 11 is 0. The normalized spacial score (nSPS) is 12.4. The Bertz CT molecular complexity index is 282. The Morgan fingerprint density at radius 2 is 1.76 bits per heavy atom. The molecule has 0 fully saturated rings. The zero-order valence-corrected chi connectivity index (χ0v) is 11.6. The number of allylic oxidation sites excluding steroid dienone is 1. The third-order valence-corrected chi connectivity index (χ3v) is 2.26. The fraction of sp³-hybridized carbons (Fsp3) is 0.714. The van der Waals surface area contributed by atoms with E-state index < -0.39 is 0 Å². The van der Waals surface area contributed by atoms with Gasteiger partial charge in [0, 0.05) is 18.3 Å². The maximum Gasteiger partial charge on any atom is 0.155 e. The van der Waals surface area contributed by atoms with Crippen molar-refractivity contribution in [3.8, 4) is 0 Å². The molecule has 98 valence electrons. The minimum Gasteiger partial charge on any atom is -0.375 e. The summed E-state index contributed by atoms with van der Waals surface area (Å²) in [5.74, 6) is 0.104. The van der Waals surface area contributed by atoms with Gasteiger partial charge in [-0.3, -0.25) is 9.59 Å². The molecule has 3 nitrogen and oxygen atoms in total. The van der Waals surface area contributed by atoms with Gasteiger partial charge in [0.15, 0.2) is 5.78 Å². The van der Waals surface area contributed by atoms with Gasteiger partial charge < -0.3 is 4.74 Å². The van der Waals surface area contributed by atoms with Crippen LogP contribution in [0.15, 0.2) is 12.2 Å². The van der Waals surface area contributed by atoms with Gasteiger partial charge in [-0.05, 0) is 19.9 Å². The second-order valence-corrected chi connectivity index (χ2v) is 5.42. The van der Waals surface area contributed by atoms with Crippen molar-refractivity contribution in [1.29, 1.82) is 0 Å². The summed E-state index contributed by atoms with van der Waals surface area (Å²) in [6, 6.07) is 0. The van der Waals surface area contributed by atoms with E-state index in [1.54, 1.807) is 6.08 Å². The topological polar surface area (TPSA) is 43.4 Å². The summed E-state index contributed by atoms with van der Waals surface area (Å²) in [6.45, 7) is 9.93. The van der Waals surface area contributed by atoms with Crippen molar-refractivity contribution in [2.75, 3.05) is 6.61 Å². The zero-order chi connectivity index (χ0) is 13.5. The minimum atomic E-state index is -0.356. The first-order valence-corrected chi connectivity index (χ1v) is 6.07. The molecule has 0 aliphatic carbocycles. The highest BCUT2D eigenvalue weighted by Crippen LogP contribution is 2.17. The molecule has 0 N–H and O–H groups in total. The van der Waals surface area contributed by atoms with Gasteiger partial charge in [0.25, 0.3) is 0 Å². The van der Waals surface area contributed by atoms with Gasteiger partial charge >= 0.3 is 0 Å². The molecule has 17 heavy (non-hydrogen) atoms. The zero-order valence-electron chi connectivity index (χ0n) is 11.6. The lowest BCUT2D eigenvalue weighted by molar-refractivity contribution is -0.128. The van der Waals surface area contributed by atoms with Crippen molar-refractivity contribution in [3.63, 3.8) is 0 Å². The number of hydrogen-bond acceptors (Lipinski definition) is 3. The summed E-state index contributed by atoms with van der Waals surface area (Å²) in [5, 5.41) is 0. The lowest BCUT2D eigenvalue weighted by atomic mass is 9.88. The molecule has 0 aliphatic heterocycles. The van der Waals surface area contributed by atoms with Gasteiger partial charge in [0.1, 0.15) is 5.78 Å². The van der Waals surface area contributed by atoms with E-state index in [9.17, 15) is 9.59 Å². The van der Waals surface area contributed by atoms with Crippen LogP contribution >= 0.6 is 0 Å². The maximum absolute atomic E-state index is 11.6. The molecule has 0 bridgehead atoms. The first-order chi connectivity index (χ1) is 7.73. The van der Waals surface area contributed by atoms with E-state index >= 15 is 0 Å². The van der Waals surface area contributed by atoms with Gasteiger partial charge in [-0.2, -0.15) is 0 Å². The predicted molar refractivity (Wildman–Crippen MR) is 68.9 cm³/mol.